The monoisotopic (exact) mass is 382 g/mol. The van der Waals surface area contributed by atoms with Gasteiger partial charge in [0.25, 0.3) is 0 Å². The minimum Gasteiger partial charge on any atom is -0.493 e. The lowest BCUT2D eigenvalue weighted by atomic mass is 10.2. The summed E-state index contributed by atoms with van der Waals surface area (Å²) in [5, 5.41) is 6.31. The number of hydrogen-bond donors (Lipinski definition) is 2. The molecule has 0 radical (unpaired) electrons. The van der Waals surface area contributed by atoms with Crippen LogP contribution in [-0.2, 0) is 9.59 Å². The number of amides is 2. The predicted octanol–water partition coefficient (Wildman–Crippen LogP) is 1.04. The lowest BCUT2D eigenvalue weighted by Crippen LogP contribution is -2.38. The molecule has 0 unspecified atom stereocenters. The Hall–Kier alpha value is -3.75. The average molecular weight is 382 g/mol. The summed E-state index contributed by atoms with van der Waals surface area (Å²) in [6.07, 6.45) is 6.08. The Balaban J connectivity index is 1.61. The van der Waals surface area contributed by atoms with Crippen LogP contribution in [0.15, 0.2) is 47.8 Å². The third-order valence-corrected chi connectivity index (χ3v) is 3.79. The number of rotatable bonds is 6. The summed E-state index contributed by atoms with van der Waals surface area (Å²) in [5.41, 5.74) is 3.03. The van der Waals surface area contributed by atoms with E-state index < -0.39 is 17.8 Å². The van der Waals surface area contributed by atoms with Crippen molar-refractivity contribution >= 4 is 24.0 Å². The number of nitrogens with one attached hydrogen (secondary N) is 2. The Labute approximate surface area is 160 Å². The van der Waals surface area contributed by atoms with Crippen LogP contribution < -0.4 is 20.2 Å². The number of pyridine rings is 1. The van der Waals surface area contributed by atoms with Gasteiger partial charge >= 0.3 is 17.8 Å². The van der Waals surface area contributed by atoms with Crippen LogP contribution in [0.1, 0.15) is 28.8 Å². The SMILES string of the molecule is COc1cc(/C=N\NC(=O)C(=O)NC2CC2)ccc1OC(=O)c1cccnc1. The first kappa shape index (κ1) is 19.0. The number of hydrogen-bond acceptors (Lipinski definition) is 7. The zero-order chi connectivity index (χ0) is 19.9. The zero-order valence-electron chi connectivity index (χ0n) is 15.0. The summed E-state index contributed by atoms with van der Waals surface area (Å²) in [6, 6.07) is 8.04. The summed E-state index contributed by atoms with van der Waals surface area (Å²) < 4.78 is 10.6. The molecule has 0 bridgehead atoms. The topological polar surface area (TPSA) is 119 Å². The van der Waals surface area contributed by atoms with E-state index in [0.717, 1.165) is 12.8 Å². The standard InChI is InChI=1S/C19H18N4O5/c1-27-16-9-12(10-21-23-18(25)17(24)22-14-5-6-14)4-7-15(16)28-19(26)13-3-2-8-20-11-13/h2-4,7-11,14H,5-6H2,1H3,(H,22,24)(H,23,25)/b21-10-. The number of hydrazone groups is 1. The number of aromatic nitrogens is 1. The first-order chi connectivity index (χ1) is 13.6. The largest absolute Gasteiger partial charge is 0.493 e. The first-order valence-corrected chi connectivity index (χ1v) is 8.51. The third kappa shape index (κ3) is 5.13. The van der Waals surface area contributed by atoms with E-state index in [1.807, 2.05) is 0 Å². The summed E-state index contributed by atoms with van der Waals surface area (Å²) in [4.78, 5) is 39.1. The van der Waals surface area contributed by atoms with E-state index in [-0.39, 0.29) is 11.8 Å². The van der Waals surface area contributed by atoms with Crippen molar-refractivity contribution in [3.05, 3.63) is 53.9 Å². The third-order valence-electron chi connectivity index (χ3n) is 3.79. The molecule has 1 saturated carbocycles. The van der Waals surface area contributed by atoms with Crippen molar-refractivity contribution in [3.63, 3.8) is 0 Å². The molecule has 144 valence electrons. The number of benzene rings is 1. The second-order valence-corrected chi connectivity index (χ2v) is 5.99. The fourth-order valence-corrected chi connectivity index (χ4v) is 2.19. The molecule has 28 heavy (non-hydrogen) atoms. The van der Waals surface area contributed by atoms with Crippen molar-refractivity contribution in [2.24, 2.45) is 5.10 Å². The Morgan fingerprint density at radius 1 is 1.18 bits per heavy atom. The maximum atomic E-state index is 12.1. The van der Waals surface area contributed by atoms with Crippen molar-refractivity contribution in [1.82, 2.24) is 15.7 Å². The zero-order valence-corrected chi connectivity index (χ0v) is 15.0. The molecular weight excluding hydrogens is 364 g/mol. The lowest BCUT2D eigenvalue weighted by Gasteiger charge is -2.09. The van der Waals surface area contributed by atoms with E-state index in [2.05, 4.69) is 20.8 Å². The van der Waals surface area contributed by atoms with E-state index in [4.69, 9.17) is 9.47 Å². The van der Waals surface area contributed by atoms with Crippen LogP contribution >= 0.6 is 0 Å². The number of ether oxygens (including phenoxy) is 2. The number of carbonyl (C=O) groups excluding carboxylic acids is 3. The van der Waals surface area contributed by atoms with Gasteiger partial charge in [-0.15, -0.1) is 0 Å². The van der Waals surface area contributed by atoms with E-state index >= 15 is 0 Å². The summed E-state index contributed by atoms with van der Waals surface area (Å²) >= 11 is 0. The highest BCUT2D eigenvalue weighted by atomic mass is 16.6. The van der Waals surface area contributed by atoms with E-state index in [9.17, 15) is 14.4 Å². The molecule has 1 fully saturated rings. The van der Waals surface area contributed by atoms with Crippen LogP contribution in [0, 0.1) is 0 Å². The second-order valence-electron chi connectivity index (χ2n) is 5.99. The number of carbonyl (C=O) groups is 3. The molecule has 1 aliphatic rings. The van der Waals surface area contributed by atoms with Gasteiger partial charge in [0.15, 0.2) is 11.5 Å². The van der Waals surface area contributed by atoms with Gasteiger partial charge in [0.2, 0.25) is 0 Å². The Bertz CT molecular complexity index is 910. The van der Waals surface area contributed by atoms with E-state index in [0.29, 0.717) is 16.9 Å². The average Bonchev–Trinajstić information content (AvgIpc) is 3.53. The van der Waals surface area contributed by atoms with Crippen LogP contribution in [0.4, 0.5) is 0 Å². The summed E-state index contributed by atoms with van der Waals surface area (Å²) in [5.74, 6) is -1.59. The molecule has 1 heterocycles. The van der Waals surface area contributed by atoms with Crippen molar-refractivity contribution in [2.75, 3.05) is 7.11 Å². The highest BCUT2D eigenvalue weighted by Gasteiger charge is 2.26. The second kappa shape index (κ2) is 8.76. The smallest absolute Gasteiger partial charge is 0.345 e. The number of methoxy groups -OCH3 is 1. The molecule has 1 aromatic heterocycles. The molecule has 1 aromatic carbocycles. The normalized spacial score (nSPS) is 13.0. The highest BCUT2D eigenvalue weighted by molar-refractivity contribution is 6.35. The molecule has 9 heteroatoms. The maximum absolute atomic E-state index is 12.1. The Morgan fingerprint density at radius 2 is 2.00 bits per heavy atom. The number of nitrogens with zero attached hydrogens (tertiary/aromatic N) is 2. The van der Waals surface area contributed by atoms with Gasteiger partial charge in [-0.1, -0.05) is 0 Å². The van der Waals surface area contributed by atoms with Gasteiger partial charge in [0, 0.05) is 18.4 Å². The summed E-state index contributed by atoms with van der Waals surface area (Å²) in [7, 11) is 1.43. The maximum Gasteiger partial charge on any atom is 0.345 e. The van der Waals surface area contributed by atoms with Crippen LogP contribution in [0.3, 0.4) is 0 Å². The fraction of sp³-hybridized carbons (Fsp3) is 0.211. The molecule has 9 nitrogen and oxygen atoms in total. The minimum absolute atomic E-state index is 0.0911. The molecule has 1 aliphatic carbocycles. The van der Waals surface area contributed by atoms with Gasteiger partial charge in [-0.05, 0) is 48.7 Å². The first-order valence-electron chi connectivity index (χ1n) is 8.51. The molecule has 2 aromatic rings. The van der Waals surface area contributed by atoms with E-state index in [1.54, 1.807) is 30.5 Å². The van der Waals surface area contributed by atoms with Crippen molar-refractivity contribution in [1.29, 1.82) is 0 Å². The quantitative estimate of drug-likeness (QED) is 0.253. The number of esters is 1. The van der Waals surface area contributed by atoms with Crippen LogP contribution in [-0.4, -0.2) is 42.1 Å². The van der Waals surface area contributed by atoms with Crippen LogP contribution in [0.25, 0.3) is 0 Å². The fourth-order valence-electron chi connectivity index (χ4n) is 2.19. The lowest BCUT2D eigenvalue weighted by molar-refractivity contribution is -0.139. The molecule has 3 rings (SSSR count). The van der Waals surface area contributed by atoms with Crippen LogP contribution in [0.5, 0.6) is 11.5 Å². The molecule has 0 saturated heterocycles. The minimum atomic E-state index is -0.836. The van der Waals surface area contributed by atoms with Gasteiger partial charge in [0.1, 0.15) is 0 Å². The molecule has 0 spiro atoms. The van der Waals surface area contributed by atoms with Crippen molar-refractivity contribution < 1.29 is 23.9 Å². The van der Waals surface area contributed by atoms with Gasteiger partial charge in [-0.2, -0.15) is 5.10 Å². The molecular formula is C19H18N4O5. The van der Waals surface area contributed by atoms with E-state index in [1.165, 1.54) is 25.6 Å². The predicted molar refractivity (Wildman–Crippen MR) is 99.1 cm³/mol. The van der Waals surface area contributed by atoms with Gasteiger partial charge in [-0.3, -0.25) is 14.6 Å². The van der Waals surface area contributed by atoms with Gasteiger partial charge in [-0.25, -0.2) is 10.2 Å². The summed E-state index contributed by atoms with van der Waals surface area (Å²) in [6.45, 7) is 0. The van der Waals surface area contributed by atoms with Crippen molar-refractivity contribution in [2.45, 2.75) is 18.9 Å². The van der Waals surface area contributed by atoms with Crippen molar-refractivity contribution in [3.8, 4) is 11.5 Å². The van der Waals surface area contributed by atoms with Gasteiger partial charge in [0.05, 0.1) is 18.9 Å². The molecule has 0 aliphatic heterocycles. The Kier molecular flexibility index (Phi) is 5.95. The van der Waals surface area contributed by atoms with Crippen LogP contribution in [0.2, 0.25) is 0 Å². The highest BCUT2D eigenvalue weighted by Crippen LogP contribution is 2.28. The molecule has 2 N–H and O–H groups in total. The molecule has 0 atom stereocenters. The molecule has 2 amide bonds. The van der Waals surface area contributed by atoms with Gasteiger partial charge < -0.3 is 14.8 Å². The Morgan fingerprint density at radius 3 is 2.68 bits per heavy atom.